The highest BCUT2D eigenvalue weighted by molar-refractivity contribution is 5.50. The van der Waals surface area contributed by atoms with Crippen LogP contribution in [0.15, 0.2) is 36.4 Å². The number of fused-ring (bicyclic) bond motifs is 1. The summed E-state index contributed by atoms with van der Waals surface area (Å²) >= 11 is 0. The van der Waals surface area contributed by atoms with E-state index < -0.39 is 11.6 Å². The van der Waals surface area contributed by atoms with Gasteiger partial charge in [0.15, 0.2) is 18.4 Å². The van der Waals surface area contributed by atoms with Crippen LogP contribution in [0.2, 0.25) is 0 Å². The molecule has 0 aromatic heterocycles. The van der Waals surface area contributed by atoms with Crippen LogP contribution in [0, 0.1) is 17.5 Å². The molecule has 0 unspecified atom stereocenters. The van der Waals surface area contributed by atoms with Crippen LogP contribution in [0.3, 0.4) is 0 Å². The molecule has 2 aromatic rings. The van der Waals surface area contributed by atoms with E-state index in [1.165, 1.54) is 12.1 Å². The first-order valence-corrected chi connectivity index (χ1v) is 5.75. The van der Waals surface area contributed by atoms with Crippen LogP contribution in [-0.2, 0) is 6.54 Å². The van der Waals surface area contributed by atoms with Gasteiger partial charge in [0.05, 0.1) is 0 Å². The van der Waals surface area contributed by atoms with Crippen molar-refractivity contribution in [1.82, 2.24) is 0 Å². The van der Waals surface area contributed by atoms with E-state index >= 15 is 0 Å². The maximum atomic E-state index is 13.2. The maximum Gasteiger partial charge on any atom is 0.162 e. The summed E-state index contributed by atoms with van der Waals surface area (Å²) in [6.45, 7) is 0.599. The third kappa shape index (κ3) is 2.23. The first-order valence-electron chi connectivity index (χ1n) is 5.75. The van der Waals surface area contributed by atoms with Crippen LogP contribution in [0.5, 0.6) is 5.75 Å². The van der Waals surface area contributed by atoms with Gasteiger partial charge >= 0.3 is 0 Å². The number of nitrogens with zero attached hydrogens (tertiary/aromatic N) is 1. The summed E-state index contributed by atoms with van der Waals surface area (Å²) in [5, 5.41) is 0. The average molecular weight is 265 g/mol. The van der Waals surface area contributed by atoms with Gasteiger partial charge in [0.2, 0.25) is 0 Å². The van der Waals surface area contributed by atoms with Crippen molar-refractivity contribution >= 4 is 5.69 Å². The van der Waals surface area contributed by atoms with Crippen molar-refractivity contribution in [3.63, 3.8) is 0 Å². The smallest absolute Gasteiger partial charge is 0.162 e. The molecule has 1 aliphatic rings. The number of benzene rings is 2. The minimum absolute atomic E-state index is 0.212. The van der Waals surface area contributed by atoms with Gasteiger partial charge in [0, 0.05) is 23.9 Å². The fraction of sp³-hybridized carbons (Fsp3) is 0.143. The number of rotatable bonds is 1. The van der Waals surface area contributed by atoms with E-state index in [2.05, 4.69) is 0 Å². The number of anilines is 1. The number of ether oxygens (including phenoxy) is 1. The second-order valence-electron chi connectivity index (χ2n) is 4.32. The molecule has 0 saturated heterocycles. The van der Waals surface area contributed by atoms with E-state index in [9.17, 15) is 13.2 Å². The van der Waals surface area contributed by atoms with Crippen molar-refractivity contribution in [2.75, 3.05) is 11.6 Å². The van der Waals surface area contributed by atoms with E-state index in [4.69, 9.17) is 4.74 Å². The van der Waals surface area contributed by atoms with Gasteiger partial charge < -0.3 is 9.64 Å². The van der Waals surface area contributed by atoms with Crippen molar-refractivity contribution in [1.29, 1.82) is 0 Å². The number of hydrogen-bond donors (Lipinski definition) is 0. The second kappa shape index (κ2) is 4.50. The van der Waals surface area contributed by atoms with Gasteiger partial charge in [-0.25, -0.2) is 13.2 Å². The summed E-state index contributed by atoms with van der Waals surface area (Å²) in [4.78, 5) is 1.80. The van der Waals surface area contributed by atoms with Crippen LogP contribution in [0.1, 0.15) is 5.56 Å². The Balaban J connectivity index is 1.89. The molecule has 0 bridgehead atoms. The average Bonchev–Trinajstić information content (AvgIpc) is 2.40. The monoisotopic (exact) mass is 265 g/mol. The minimum Gasteiger partial charge on any atom is -0.473 e. The highest BCUT2D eigenvalue weighted by Gasteiger charge is 2.20. The Morgan fingerprint density at radius 1 is 0.947 bits per heavy atom. The fourth-order valence-electron chi connectivity index (χ4n) is 2.04. The van der Waals surface area contributed by atoms with E-state index in [-0.39, 0.29) is 12.5 Å². The quantitative estimate of drug-likeness (QED) is 0.783. The van der Waals surface area contributed by atoms with Crippen molar-refractivity contribution in [2.45, 2.75) is 6.54 Å². The summed E-state index contributed by atoms with van der Waals surface area (Å²) < 4.78 is 44.5. The molecule has 0 N–H and O–H groups in total. The molecular formula is C14H10F3NO. The van der Waals surface area contributed by atoms with Gasteiger partial charge in [-0.15, -0.1) is 0 Å². The Kier molecular flexibility index (Phi) is 2.81. The third-order valence-electron chi connectivity index (χ3n) is 3.03. The zero-order chi connectivity index (χ0) is 13.4. The molecule has 0 aliphatic carbocycles. The van der Waals surface area contributed by atoms with Crippen LogP contribution < -0.4 is 9.64 Å². The SMILES string of the molecule is Fc1ccc(N2COc3cc(F)c(F)cc3C2)cc1. The standard InChI is InChI=1S/C14H10F3NO/c15-10-1-3-11(4-2-10)18-7-9-5-12(16)13(17)6-14(9)19-8-18/h1-6H,7-8H2. The molecule has 0 amide bonds. The fourth-order valence-corrected chi connectivity index (χ4v) is 2.04. The first kappa shape index (κ1) is 11.9. The molecule has 2 nitrogen and oxygen atoms in total. The molecule has 1 aliphatic heterocycles. The molecule has 3 rings (SSSR count). The van der Waals surface area contributed by atoms with Crippen LogP contribution >= 0.6 is 0 Å². The Morgan fingerprint density at radius 2 is 1.63 bits per heavy atom. The second-order valence-corrected chi connectivity index (χ2v) is 4.32. The minimum atomic E-state index is -0.922. The molecule has 0 atom stereocenters. The summed E-state index contributed by atoms with van der Waals surface area (Å²) in [6, 6.07) is 8.09. The van der Waals surface area contributed by atoms with Gasteiger partial charge in [-0.3, -0.25) is 0 Å². The molecule has 98 valence electrons. The molecule has 0 fully saturated rings. The van der Waals surface area contributed by atoms with E-state index in [0.717, 1.165) is 17.8 Å². The van der Waals surface area contributed by atoms with Crippen LogP contribution in [0.25, 0.3) is 0 Å². The Hall–Kier alpha value is -2.17. The Labute approximate surface area is 108 Å². The van der Waals surface area contributed by atoms with Gasteiger partial charge in [-0.1, -0.05) is 0 Å². The van der Waals surface area contributed by atoms with Crippen LogP contribution in [0.4, 0.5) is 18.9 Å². The van der Waals surface area contributed by atoms with Crippen molar-refractivity contribution in [3.8, 4) is 5.75 Å². The Morgan fingerprint density at radius 3 is 2.37 bits per heavy atom. The molecule has 1 heterocycles. The van der Waals surface area contributed by atoms with E-state index in [0.29, 0.717) is 17.9 Å². The van der Waals surface area contributed by atoms with Gasteiger partial charge in [0.1, 0.15) is 11.6 Å². The molecular weight excluding hydrogens is 255 g/mol. The topological polar surface area (TPSA) is 12.5 Å². The van der Waals surface area contributed by atoms with Crippen molar-refractivity contribution in [3.05, 3.63) is 59.4 Å². The van der Waals surface area contributed by atoms with Gasteiger partial charge in [-0.05, 0) is 30.3 Å². The molecule has 5 heteroatoms. The third-order valence-corrected chi connectivity index (χ3v) is 3.03. The number of halogens is 3. The van der Waals surface area contributed by atoms with Gasteiger partial charge in [-0.2, -0.15) is 0 Å². The lowest BCUT2D eigenvalue weighted by molar-refractivity contribution is 0.286. The predicted octanol–water partition coefficient (Wildman–Crippen LogP) is 3.46. The summed E-state index contributed by atoms with van der Waals surface area (Å²) in [6.07, 6.45) is 0. The van der Waals surface area contributed by atoms with E-state index in [1.807, 2.05) is 0 Å². The summed E-state index contributed by atoms with van der Waals surface area (Å²) in [5.74, 6) is -1.80. The zero-order valence-electron chi connectivity index (χ0n) is 9.87. The lowest BCUT2D eigenvalue weighted by atomic mass is 10.1. The largest absolute Gasteiger partial charge is 0.473 e. The maximum absolute atomic E-state index is 13.2. The molecule has 19 heavy (non-hydrogen) atoms. The lowest BCUT2D eigenvalue weighted by Crippen LogP contribution is -2.32. The summed E-state index contributed by atoms with van der Waals surface area (Å²) in [5.41, 5.74) is 1.33. The van der Waals surface area contributed by atoms with E-state index in [1.54, 1.807) is 17.0 Å². The number of hydrogen-bond acceptors (Lipinski definition) is 2. The highest BCUT2D eigenvalue weighted by Crippen LogP contribution is 2.30. The normalized spacial score (nSPS) is 13.9. The molecule has 0 saturated carbocycles. The molecule has 0 radical (unpaired) electrons. The summed E-state index contributed by atoms with van der Waals surface area (Å²) in [7, 11) is 0. The predicted molar refractivity (Wildman–Crippen MR) is 64.4 cm³/mol. The molecule has 0 spiro atoms. The first-order chi connectivity index (χ1) is 9.13. The van der Waals surface area contributed by atoms with Crippen molar-refractivity contribution < 1.29 is 17.9 Å². The van der Waals surface area contributed by atoms with Gasteiger partial charge in [0.25, 0.3) is 0 Å². The van der Waals surface area contributed by atoms with Crippen LogP contribution in [-0.4, -0.2) is 6.73 Å². The lowest BCUT2D eigenvalue weighted by Gasteiger charge is -2.30. The molecule has 2 aromatic carbocycles. The zero-order valence-corrected chi connectivity index (χ0v) is 9.87. The highest BCUT2D eigenvalue weighted by atomic mass is 19.2. The van der Waals surface area contributed by atoms with Crippen molar-refractivity contribution in [2.24, 2.45) is 0 Å². The Bertz CT molecular complexity index is 613.